The van der Waals surface area contributed by atoms with Crippen molar-refractivity contribution in [2.24, 2.45) is 0 Å². The van der Waals surface area contributed by atoms with E-state index in [1.54, 1.807) is 24.3 Å². The quantitative estimate of drug-likeness (QED) is 0.849. The Kier molecular flexibility index (Phi) is 4.94. The van der Waals surface area contributed by atoms with Gasteiger partial charge in [-0.2, -0.15) is 0 Å². The Labute approximate surface area is 130 Å². The van der Waals surface area contributed by atoms with Crippen LogP contribution >= 0.6 is 0 Å². The maximum atomic E-state index is 12.4. The maximum absolute atomic E-state index is 12.4. The Balaban J connectivity index is 2.21. The molecule has 1 atom stereocenters. The Morgan fingerprint density at radius 1 is 1.18 bits per heavy atom. The second-order valence-electron chi connectivity index (χ2n) is 5.13. The van der Waals surface area contributed by atoms with E-state index in [0.717, 1.165) is 17.6 Å². The molecule has 4 nitrogen and oxygen atoms in total. The number of allylic oxidation sites excluding steroid dienone is 4. The van der Waals surface area contributed by atoms with Crippen molar-refractivity contribution in [2.75, 3.05) is 6.54 Å². The lowest BCUT2D eigenvalue weighted by Gasteiger charge is -2.21. The van der Waals surface area contributed by atoms with E-state index < -0.39 is 12.0 Å². The van der Waals surface area contributed by atoms with Crippen LogP contribution in [0.5, 0.6) is 0 Å². The first-order valence-corrected chi connectivity index (χ1v) is 7.18. The van der Waals surface area contributed by atoms with Gasteiger partial charge in [0.2, 0.25) is 0 Å². The van der Waals surface area contributed by atoms with Crippen LogP contribution in [0.15, 0.2) is 55.7 Å². The molecule has 0 aromatic heterocycles. The molecule has 0 aliphatic carbocycles. The molecule has 1 aliphatic rings. The monoisotopic (exact) mass is 297 g/mol. The molecule has 1 saturated heterocycles. The van der Waals surface area contributed by atoms with E-state index in [1.807, 2.05) is 18.2 Å². The van der Waals surface area contributed by atoms with E-state index in [4.69, 9.17) is 5.11 Å². The fourth-order valence-electron chi connectivity index (χ4n) is 2.65. The molecule has 1 heterocycles. The van der Waals surface area contributed by atoms with Crippen molar-refractivity contribution in [1.29, 1.82) is 0 Å². The minimum Gasteiger partial charge on any atom is -0.480 e. The van der Waals surface area contributed by atoms with Crippen molar-refractivity contribution in [3.8, 4) is 0 Å². The number of carboxylic acids is 1. The number of amides is 1. The lowest BCUT2D eigenvalue weighted by Crippen LogP contribution is -2.40. The summed E-state index contributed by atoms with van der Waals surface area (Å²) in [7, 11) is 0. The van der Waals surface area contributed by atoms with Gasteiger partial charge in [-0.05, 0) is 36.1 Å². The van der Waals surface area contributed by atoms with Crippen LogP contribution in [-0.2, 0) is 4.79 Å². The second-order valence-corrected chi connectivity index (χ2v) is 5.13. The van der Waals surface area contributed by atoms with Crippen LogP contribution in [0.25, 0.3) is 5.57 Å². The van der Waals surface area contributed by atoms with Crippen molar-refractivity contribution < 1.29 is 14.7 Å². The topological polar surface area (TPSA) is 57.6 Å². The van der Waals surface area contributed by atoms with Crippen LogP contribution in [0.4, 0.5) is 0 Å². The predicted octanol–water partition coefficient (Wildman–Crippen LogP) is 3.13. The summed E-state index contributed by atoms with van der Waals surface area (Å²) < 4.78 is 0. The van der Waals surface area contributed by atoms with Crippen molar-refractivity contribution in [3.05, 3.63) is 66.8 Å². The molecule has 1 fully saturated rings. The van der Waals surface area contributed by atoms with Crippen LogP contribution in [0.3, 0.4) is 0 Å². The van der Waals surface area contributed by atoms with Gasteiger partial charge in [0.15, 0.2) is 0 Å². The summed E-state index contributed by atoms with van der Waals surface area (Å²) in [4.78, 5) is 25.1. The smallest absolute Gasteiger partial charge is 0.326 e. The highest BCUT2D eigenvalue weighted by Gasteiger charge is 2.34. The summed E-state index contributed by atoms with van der Waals surface area (Å²) in [6.07, 6.45) is 6.48. The van der Waals surface area contributed by atoms with E-state index >= 15 is 0 Å². The van der Waals surface area contributed by atoms with Crippen molar-refractivity contribution in [1.82, 2.24) is 4.90 Å². The van der Waals surface area contributed by atoms with Crippen molar-refractivity contribution in [3.63, 3.8) is 0 Å². The zero-order chi connectivity index (χ0) is 16.1. The van der Waals surface area contributed by atoms with Crippen LogP contribution in [-0.4, -0.2) is 34.5 Å². The van der Waals surface area contributed by atoms with Gasteiger partial charge in [0, 0.05) is 12.1 Å². The molecule has 2 rings (SSSR count). The number of nitrogens with zero attached hydrogens (tertiary/aromatic N) is 1. The van der Waals surface area contributed by atoms with Gasteiger partial charge in [-0.3, -0.25) is 4.79 Å². The number of carbonyl (C=O) groups is 2. The third-order valence-electron chi connectivity index (χ3n) is 3.78. The lowest BCUT2D eigenvalue weighted by molar-refractivity contribution is -0.141. The number of aliphatic carboxylic acids is 1. The van der Waals surface area contributed by atoms with Crippen molar-refractivity contribution >= 4 is 17.4 Å². The lowest BCUT2D eigenvalue weighted by atomic mass is 10.0. The van der Waals surface area contributed by atoms with E-state index in [9.17, 15) is 9.59 Å². The molecular weight excluding hydrogens is 278 g/mol. The fourth-order valence-corrected chi connectivity index (χ4v) is 2.65. The largest absolute Gasteiger partial charge is 0.480 e. The molecule has 0 bridgehead atoms. The molecule has 1 N–H and O–H groups in total. The van der Waals surface area contributed by atoms with Crippen LogP contribution < -0.4 is 0 Å². The number of benzene rings is 1. The van der Waals surface area contributed by atoms with Crippen LogP contribution in [0.2, 0.25) is 0 Å². The highest BCUT2D eigenvalue weighted by molar-refractivity contribution is 5.97. The minimum atomic E-state index is -0.940. The standard InChI is InChI=1S/C18H19NO3/c1-3-6-13(4-2)14-8-10-15(11-9-14)17(20)19-12-5-7-16(19)18(21)22/h3-4,6,8-11,16H,1-2,5,7,12H2,(H,21,22)/b13-6+. The number of carbonyl (C=O) groups excluding carboxylic acids is 1. The zero-order valence-electron chi connectivity index (χ0n) is 12.4. The normalized spacial score (nSPS) is 18.1. The number of carboxylic acid groups (broad SMARTS) is 1. The summed E-state index contributed by atoms with van der Waals surface area (Å²) in [6.45, 7) is 7.90. The molecule has 1 aliphatic heterocycles. The number of likely N-dealkylation sites (tertiary alicyclic amines) is 1. The first kappa shape index (κ1) is 15.8. The van der Waals surface area contributed by atoms with E-state index in [1.165, 1.54) is 4.90 Å². The third-order valence-corrected chi connectivity index (χ3v) is 3.78. The van der Waals surface area contributed by atoms with Gasteiger partial charge in [-0.1, -0.05) is 43.5 Å². The molecule has 1 unspecified atom stereocenters. The van der Waals surface area contributed by atoms with Gasteiger partial charge in [0.1, 0.15) is 6.04 Å². The summed E-state index contributed by atoms with van der Waals surface area (Å²) in [6, 6.07) is 6.38. The zero-order valence-corrected chi connectivity index (χ0v) is 12.4. The SMILES string of the molecule is C=C/C=C(\C=C)c1ccc(C(=O)N2CCCC2C(=O)O)cc1. The van der Waals surface area contributed by atoms with Gasteiger partial charge < -0.3 is 10.0 Å². The van der Waals surface area contributed by atoms with Crippen LogP contribution in [0, 0.1) is 0 Å². The molecule has 1 aromatic carbocycles. The highest BCUT2D eigenvalue weighted by atomic mass is 16.4. The number of hydrogen-bond acceptors (Lipinski definition) is 2. The maximum Gasteiger partial charge on any atom is 0.326 e. The number of hydrogen-bond donors (Lipinski definition) is 1. The van der Waals surface area contributed by atoms with Gasteiger partial charge in [-0.15, -0.1) is 0 Å². The van der Waals surface area contributed by atoms with Crippen molar-refractivity contribution in [2.45, 2.75) is 18.9 Å². The molecule has 0 radical (unpaired) electrons. The Morgan fingerprint density at radius 2 is 1.82 bits per heavy atom. The Hall–Kier alpha value is -2.62. The molecule has 1 aromatic rings. The molecule has 114 valence electrons. The highest BCUT2D eigenvalue weighted by Crippen LogP contribution is 2.22. The third kappa shape index (κ3) is 3.17. The van der Waals surface area contributed by atoms with Crippen LogP contribution in [0.1, 0.15) is 28.8 Å². The molecule has 22 heavy (non-hydrogen) atoms. The van der Waals surface area contributed by atoms with Gasteiger partial charge in [-0.25, -0.2) is 4.79 Å². The average Bonchev–Trinajstić information content (AvgIpc) is 3.02. The van der Waals surface area contributed by atoms with E-state index in [2.05, 4.69) is 13.2 Å². The summed E-state index contributed by atoms with van der Waals surface area (Å²) in [5.74, 6) is -1.17. The molecule has 0 spiro atoms. The second kappa shape index (κ2) is 6.89. The van der Waals surface area contributed by atoms with Gasteiger partial charge >= 0.3 is 5.97 Å². The fraction of sp³-hybridized carbons (Fsp3) is 0.222. The Morgan fingerprint density at radius 3 is 2.36 bits per heavy atom. The predicted molar refractivity (Wildman–Crippen MR) is 86.5 cm³/mol. The Bertz CT molecular complexity index is 628. The molecule has 0 saturated carbocycles. The van der Waals surface area contributed by atoms with Gasteiger partial charge in [0.05, 0.1) is 0 Å². The van der Waals surface area contributed by atoms with E-state index in [-0.39, 0.29) is 5.91 Å². The first-order chi connectivity index (χ1) is 10.6. The molecular formula is C18H19NO3. The van der Waals surface area contributed by atoms with Gasteiger partial charge in [0.25, 0.3) is 5.91 Å². The molecule has 4 heteroatoms. The summed E-state index contributed by atoms with van der Waals surface area (Å²) in [5.41, 5.74) is 2.35. The van der Waals surface area contributed by atoms with E-state index in [0.29, 0.717) is 18.5 Å². The number of rotatable bonds is 5. The summed E-state index contributed by atoms with van der Waals surface area (Å²) >= 11 is 0. The minimum absolute atomic E-state index is 0.232. The summed E-state index contributed by atoms with van der Waals surface area (Å²) in [5, 5.41) is 9.17. The average molecular weight is 297 g/mol. The first-order valence-electron chi connectivity index (χ1n) is 7.18. The molecule has 1 amide bonds.